The van der Waals surface area contributed by atoms with Gasteiger partial charge in [0.2, 0.25) is 11.8 Å². The van der Waals surface area contributed by atoms with Gasteiger partial charge in [-0.05, 0) is 52.6 Å². The molecule has 24 heavy (non-hydrogen) atoms. The van der Waals surface area contributed by atoms with Crippen LogP contribution in [0.25, 0.3) is 21.5 Å². The largest absolute Gasteiger partial charge is 0.475 e. The lowest BCUT2D eigenvalue weighted by molar-refractivity contribution is -0.119. The summed E-state index contributed by atoms with van der Waals surface area (Å²) in [5.41, 5.74) is -0.111. The van der Waals surface area contributed by atoms with Crippen molar-refractivity contribution in [2.75, 3.05) is 6.61 Å². The highest BCUT2D eigenvalue weighted by Crippen LogP contribution is 2.29. The van der Waals surface area contributed by atoms with Crippen LogP contribution in [0.5, 0.6) is 5.88 Å². The number of aromatic amines is 1. The maximum atomic E-state index is 12.0. The van der Waals surface area contributed by atoms with Crippen molar-refractivity contribution in [3.05, 3.63) is 44.5 Å². The van der Waals surface area contributed by atoms with E-state index in [4.69, 9.17) is 4.74 Å². The van der Waals surface area contributed by atoms with Gasteiger partial charge in [0, 0.05) is 38.5 Å². The van der Waals surface area contributed by atoms with Crippen LogP contribution in [0.4, 0.5) is 0 Å². The van der Waals surface area contributed by atoms with Gasteiger partial charge < -0.3 is 15.0 Å². The van der Waals surface area contributed by atoms with E-state index >= 15 is 0 Å². The summed E-state index contributed by atoms with van der Waals surface area (Å²) in [7, 11) is 0. The number of hydrogen-bond donors (Lipinski definition) is 2. The minimum atomic E-state index is -0.111. The van der Waals surface area contributed by atoms with Gasteiger partial charge in [0.05, 0.1) is 6.04 Å². The van der Waals surface area contributed by atoms with Gasteiger partial charge in [0.25, 0.3) is 5.56 Å². The fourth-order valence-corrected chi connectivity index (χ4v) is 3.56. The Bertz CT molecular complexity index is 1020. The number of aromatic nitrogens is 2. The van der Waals surface area contributed by atoms with E-state index in [1.807, 2.05) is 18.2 Å². The second kappa shape index (κ2) is 6.04. The molecule has 1 atom stereocenters. The average Bonchev–Trinajstić information content (AvgIpc) is 3.00. The van der Waals surface area contributed by atoms with Crippen molar-refractivity contribution in [2.24, 2.45) is 0 Å². The highest BCUT2D eigenvalue weighted by molar-refractivity contribution is 14.1. The Kier molecular flexibility index (Phi) is 3.87. The number of pyridine rings is 2. The third-order valence-corrected chi connectivity index (χ3v) is 5.10. The SMILES string of the molecule is O=C1CCC(COc2nccc3cc4c(=O)[nH]cc(I)c4cc23)N1. The smallest absolute Gasteiger partial charge is 0.255 e. The van der Waals surface area contributed by atoms with E-state index in [-0.39, 0.29) is 17.5 Å². The molecule has 0 radical (unpaired) electrons. The number of nitrogens with zero attached hydrogens (tertiary/aromatic N) is 1. The number of carbonyl (C=O) groups excluding carboxylic acids is 1. The van der Waals surface area contributed by atoms with Crippen molar-refractivity contribution >= 4 is 50.0 Å². The van der Waals surface area contributed by atoms with Gasteiger partial charge in [-0.1, -0.05) is 0 Å². The van der Waals surface area contributed by atoms with Crippen molar-refractivity contribution in [1.29, 1.82) is 0 Å². The maximum absolute atomic E-state index is 12.0. The van der Waals surface area contributed by atoms with Gasteiger partial charge >= 0.3 is 0 Å². The Morgan fingerprint density at radius 1 is 1.25 bits per heavy atom. The van der Waals surface area contributed by atoms with E-state index in [1.165, 1.54) is 0 Å². The number of amides is 1. The van der Waals surface area contributed by atoms with Crippen LogP contribution >= 0.6 is 22.6 Å². The minimum absolute atomic E-state index is 0.0259. The van der Waals surface area contributed by atoms with E-state index in [0.29, 0.717) is 24.3 Å². The predicted octanol–water partition coefficient (Wildman–Crippen LogP) is 2.34. The van der Waals surface area contributed by atoms with Crippen molar-refractivity contribution in [1.82, 2.24) is 15.3 Å². The number of H-pyrrole nitrogens is 1. The third kappa shape index (κ3) is 2.72. The van der Waals surface area contributed by atoms with Crippen LogP contribution in [-0.4, -0.2) is 28.5 Å². The summed E-state index contributed by atoms with van der Waals surface area (Å²) in [6.45, 7) is 0.391. The van der Waals surface area contributed by atoms with Gasteiger partial charge in [-0.3, -0.25) is 9.59 Å². The zero-order valence-corrected chi connectivity index (χ0v) is 14.8. The summed E-state index contributed by atoms with van der Waals surface area (Å²) in [6.07, 6.45) is 4.68. The molecule has 1 fully saturated rings. The molecule has 0 bridgehead atoms. The van der Waals surface area contributed by atoms with Gasteiger partial charge in [0.15, 0.2) is 0 Å². The lowest BCUT2D eigenvalue weighted by atomic mass is 10.1. The van der Waals surface area contributed by atoms with Gasteiger partial charge in [-0.25, -0.2) is 4.98 Å². The molecule has 2 N–H and O–H groups in total. The Balaban J connectivity index is 1.76. The fraction of sp³-hybridized carbons (Fsp3) is 0.235. The summed E-state index contributed by atoms with van der Waals surface area (Å²) in [5.74, 6) is 0.584. The predicted molar refractivity (Wildman–Crippen MR) is 99.2 cm³/mol. The molecule has 1 aliphatic heterocycles. The molecule has 3 heterocycles. The number of halogens is 1. The number of nitrogens with one attached hydrogen (secondary N) is 2. The molecule has 2 aromatic heterocycles. The topological polar surface area (TPSA) is 84.1 Å². The molecule has 1 aromatic carbocycles. The first kappa shape index (κ1) is 15.4. The number of ether oxygens (including phenoxy) is 1. The lowest BCUT2D eigenvalue weighted by Crippen LogP contribution is -2.31. The van der Waals surface area contributed by atoms with Crippen molar-refractivity contribution in [3.63, 3.8) is 0 Å². The summed E-state index contributed by atoms with van der Waals surface area (Å²) >= 11 is 2.19. The molecular formula is C17H14IN3O3. The number of carbonyl (C=O) groups is 1. The monoisotopic (exact) mass is 435 g/mol. The van der Waals surface area contributed by atoms with Crippen LogP contribution in [0.3, 0.4) is 0 Å². The second-order valence-electron chi connectivity index (χ2n) is 5.81. The Morgan fingerprint density at radius 2 is 2.12 bits per heavy atom. The third-order valence-electron chi connectivity index (χ3n) is 4.20. The van der Waals surface area contributed by atoms with Crippen LogP contribution in [0, 0.1) is 3.57 Å². The maximum Gasteiger partial charge on any atom is 0.255 e. The molecule has 0 spiro atoms. The molecular weight excluding hydrogens is 421 g/mol. The molecule has 122 valence electrons. The molecule has 1 aliphatic rings. The minimum Gasteiger partial charge on any atom is -0.475 e. The van der Waals surface area contributed by atoms with Crippen molar-refractivity contribution < 1.29 is 9.53 Å². The van der Waals surface area contributed by atoms with E-state index in [9.17, 15) is 9.59 Å². The molecule has 0 saturated carbocycles. The molecule has 1 amide bonds. The Labute approximate surface area is 150 Å². The molecule has 6 nitrogen and oxygen atoms in total. The summed E-state index contributed by atoms with van der Waals surface area (Å²) in [4.78, 5) is 30.4. The normalized spacial score (nSPS) is 17.4. The standard InChI is InChI=1S/C17H14IN3O3/c18-14-7-20-16(23)13-5-9-3-4-19-17(11(9)6-12(13)14)24-8-10-1-2-15(22)21-10/h3-7,10H,1-2,8H2,(H,20,23)(H,21,22). The number of rotatable bonds is 3. The first-order valence-electron chi connectivity index (χ1n) is 7.63. The van der Waals surface area contributed by atoms with Gasteiger partial charge in [-0.15, -0.1) is 0 Å². The summed E-state index contributed by atoms with van der Waals surface area (Å²) < 4.78 is 6.82. The first-order chi connectivity index (χ1) is 11.6. The molecule has 1 saturated heterocycles. The quantitative estimate of drug-likeness (QED) is 0.489. The molecule has 0 aliphatic carbocycles. The van der Waals surface area contributed by atoms with Crippen LogP contribution in [0.2, 0.25) is 0 Å². The summed E-state index contributed by atoms with van der Waals surface area (Å²) in [6, 6.07) is 5.69. The zero-order chi connectivity index (χ0) is 16.7. The highest BCUT2D eigenvalue weighted by Gasteiger charge is 2.21. The molecule has 7 heteroatoms. The van der Waals surface area contributed by atoms with Gasteiger partial charge in [-0.2, -0.15) is 0 Å². The Morgan fingerprint density at radius 3 is 2.92 bits per heavy atom. The highest BCUT2D eigenvalue weighted by atomic mass is 127. The summed E-state index contributed by atoms with van der Waals surface area (Å²) in [5, 5.41) is 6.16. The molecule has 1 unspecified atom stereocenters. The van der Waals surface area contributed by atoms with Crippen LogP contribution in [0.15, 0.2) is 35.4 Å². The van der Waals surface area contributed by atoms with Crippen molar-refractivity contribution in [3.8, 4) is 5.88 Å². The van der Waals surface area contributed by atoms with E-state index in [1.54, 1.807) is 12.4 Å². The van der Waals surface area contributed by atoms with Crippen LogP contribution in [0.1, 0.15) is 12.8 Å². The average molecular weight is 435 g/mol. The number of benzene rings is 1. The van der Waals surface area contributed by atoms with Crippen molar-refractivity contribution in [2.45, 2.75) is 18.9 Å². The Hall–Kier alpha value is -2.16. The van der Waals surface area contributed by atoms with E-state index < -0.39 is 0 Å². The van der Waals surface area contributed by atoms with Gasteiger partial charge in [0.1, 0.15) is 6.61 Å². The zero-order valence-electron chi connectivity index (χ0n) is 12.6. The number of hydrogen-bond acceptors (Lipinski definition) is 4. The van der Waals surface area contributed by atoms with Crippen LogP contribution < -0.4 is 15.6 Å². The van der Waals surface area contributed by atoms with Crippen LogP contribution in [-0.2, 0) is 4.79 Å². The number of fused-ring (bicyclic) bond motifs is 2. The molecule has 4 rings (SSSR count). The molecule has 3 aromatic rings. The van der Waals surface area contributed by atoms with E-state index in [0.717, 1.165) is 26.1 Å². The fourth-order valence-electron chi connectivity index (χ4n) is 2.96. The van der Waals surface area contributed by atoms with E-state index in [2.05, 4.69) is 37.9 Å². The first-order valence-corrected chi connectivity index (χ1v) is 8.71. The second-order valence-corrected chi connectivity index (χ2v) is 6.98. The lowest BCUT2D eigenvalue weighted by Gasteiger charge is -2.13.